The second-order valence-corrected chi connectivity index (χ2v) is 0.751. The molecule has 0 aromatic carbocycles. The summed E-state index contributed by atoms with van der Waals surface area (Å²) in [6.45, 7) is 0. The van der Waals surface area contributed by atoms with Crippen LogP contribution < -0.4 is 0 Å². The average molecular weight is 142 g/mol. The molecular formula is C2BrF2. The van der Waals surface area contributed by atoms with Gasteiger partial charge in [0, 0.05) is 0 Å². The maximum Gasteiger partial charge on any atom is 0.285 e. The predicted molar refractivity (Wildman–Crippen MR) is 17.9 cm³/mol. The molecule has 0 rings (SSSR count). The van der Waals surface area contributed by atoms with E-state index >= 15 is 0 Å². The van der Waals surface area contributed by atoms with Crippen LogP contribution in [0.1, 0.15) is 0 Å². The van der Waals surface area contributed by atoms with E-state index in [1.807, 2.05) is 0 Å². The van der Waals surface area contributed by atoms with Gasteiger partial charge in [-0.1, -0.05) is 0 Å². The minimum absolute atomic E-state index is 1.42. The van der Waals surface area contributed by atoms with Crippen molar-refractivity contribution in [1.29, 1.82) is 0 Å². The molecule has 0 unspecified atom stereocenters. The van der Waals surface area contributed by atoms with Crippen molar-refractivity contribution < 1.29 is 8.78 Å². The average Bonchev–Trinajstić information content (AvgIpc) is 1.38. The zero-order valence-corrected chi connectivity index (χ0v) is 3.72. The van der Waals surface area contributed by atoms with Crippen molar-refractivity contribution in [3.8, 4) is 0 Å². The Morgan fingerprint density at radius 2 is 1.80 bits per heavy atom. The lowest BCUT2D eigenvalue weighted by atomic mass is 11.2. The normalized spacial score (nSPS) is 7.00. The highest BCUT2D eigenvalue weighted by molar-refractivity contribution is 9.10. The molecule has 0 bridgehead atoms. The first-order chi connectivity index (χ1) is 2.27. The van der Waals surface area contributed by atoms with Crippen LogP contribution in [0, 0.1) is 4.99 Å². The third kappa shape index (κ3) is 4.08. The second kappa shape index (κ2) is 2.33. The Hall–Kier alpha value is 0.0800. The predicted octanol–water partition coefficient (Wildman–Crippen LogP) is 1.92. The Morgan fingerprint density at radius 1 is 1.60 bits per heavy atom. The zero-order chi connectivity index (χ0) is 4.28. The van der Waals surface area contributed by atoms with E-state index in [0.717, 1.165) is 0 Å². The zero-order valence-electron chi connectivity index (χ0n) is 2.13. The fraction of sp³-hybridized carbons (Fsp3) is 0. The molecule has 0 aromatic rings. The maximum absolute atomic E-state index is 10.5. The molecule has 0 fully saturated rings. The van der Waals surface area contributed by atoms with Gasteiger partial charge in [-0.05, 0) is 15.9 Å². The molecule has 1 radical (unpaired) electrons. The highest BCUT2D eigenvalue weighted by Gasteiger charge is 1.77. The van der Waals surface area contributed by atoms with Crippen molar-refractivity contribution in [3.05, 3.63) is 11.1 Å². The molecule has 0 aliphatic rings. The van der Waals surface area contributed by atoms with Crippen LogP contribution in [0.2, 0.25) is 0 Å². The summed E-state index contributed by atoms with van der Waals surface area (Å²) in [5.74, 6) is 0. The molecule has 0 N–H and O–H groups in total. The first kappa shape index (κ1) is 5.08. The monoisotopic (exact) mass is 141 g/mol. The molecule has 0 aromatic heterocycles. The molecule has 0 spiro atoms. The molecule has 0 saturated carbocycles. The Morgan fingerprint density at radius 3 is 1.80 bits per heavy atom. The van der Waals surface area contributed by atoms with E-state index in [1.165, 1.54) is 4.99 Å². The molecule has 0 atom stereocenters. The summed E-state index contributed by atoms with van der Waals surface area (Å²) in [5.41, 5.74) is 0. The van der Waals surface area contributed by atoms with E-state index in [-0.39, 0.29) is 0 Å². The SMILES string of the molecule is FC(F)=[C]Br. The van der Waals surface area contributed by atoms with Gasteiger partial charge in [-0.3, -0.25) is 0 Å². The largest absolute Gasteiger partial charge is 0.285 e. The molecule has 0 aliphatic heterocycles. The van der Waals surface area contributed by atoms with E-state index < -0.39 is 6.08 Å². The van der Waals surface area contributed by atoms with Crippen LogP contribution in [0.5, 0.6) is 0 Å². The Balaban J connectivity index is 3.14. The molecule has 0 saturated heterocycles. The van der Waals surface area contributed by atoms with E-state index in [1.54, 1.807) is 0 Å². The van der Waals surface area contributed by atoms with Crippen LogP contribution in [-0.2, 0) is 0 Å². The minimum Gasteiger partial charge on any atom is -0.172 e. The van der Waals surface area contributed by atoms with Crippen molar-refractivity contribution in [2.45, 2.75) is 0 Å². The molecule has 0 nitrogen and oxygen atoms in total. The van der Waals surface area contributed by atoms with Gasteiger partial charge in [-0.2, -0.15) is 8.78 Å². The first-order valence-corrected chi connectivity index (χ1v) is 1.61. The minimum atomic E-state index is -1.83. The summed E-state index contributed by atoms with van der Waals surface area (Å²) >= 11 is 2.28. The lowest BCUT2D eigenvalue weighted by molar-refractivity contribution is 0.421. The van der Waals surface area contributed by atoms with Crippen LogP contribution in [0.3, 0.4) is 0 Å². The summed E-state index contributed by atoms with van der Waals surface area (Å²) in [6.07, 6.45) is -1.83. The van der Waals surface area contributed by atoms with Gasteiger partial charge in [0.05, 0.1) is 0 Å². The van der Waals surface area contributed by atoms with Crippen LogP contribution in [0.25, 0.3) is 0 Å². The summed E-state index contributed by atoms with van der Waals surface area (Å²) in [7, 11) is 0. The van der Waals surface area contributed by atoms with E-state index in [4.69, 9.17) is 0 Å². The molecule has 0 amide bonds. The van der Waals surface area contributed by atoms with Crippen molar-refractivity contribution in [1.82, 2.24) is 0 Å². The van der Waals surface area contributed by atoms with Gasteiger partial charge in [0.15, 0.2) is 0 Å². The highest BCUT2D eigenvalue weighted by atomic mass is 79.9. The van der Waals surface area contributed by atoms with Crippen molar-refractivity contribution in [2.75, 3.05) is 0 Å². The van der Waals surface area contributed by atoms with Crippen molar-refractivity contribution in [3.63, 3.8) is 0 Å². The molecular weight excluding hydrogens is 142 g/mol. The van der Waals surface area contributed by atoms with Gasteiger partial charge in [-0.25, -0.2) is 0 Å². The second-order valence-electron chi connectivity index (χ2n) is 0.355. The summed E-state index contributed by atoms with van der Waals surface area (Å²) in [4.78, 5) is 1.42. The molecule has 5 heavy (non-hydrogen) atoms. The van der Waals surface area contributed by atoms with Gasteiger partial charge in [0.2, 0.25) is 0 Å². The van der Waals surface area contributed by atoms with Crippen LogP contribution in [0.15, 0.2) is 6.08 Å². The number of hydrogen-bond acceptors (Lipinski definition) is 0. The van der Waals surface area contributed by atoms with Gasteiger partial charge in [-0.15, -0.1) is 0 Å². The van der Waals surface area contributed by atoms with Crippen LogP contribution in [0.4, 0.5) is 8.78 Å². The maximum atomic E-state index is 10.5. The summed E-state index contributed by atoms with van der Waals surface area (Å²) in [5, 5.41) is 0. The van der Waals surface area contributed by atoms with Crippen LogP contribution in [-0.4, -0.2) is 0 Å². The van der Waals surface area contributed by atoms with Gasteiger partial charge in [0.25, 0.3) is 6.08 Å². The van der Waals surface area contributed by atoms with E-state index in [9.17, 15) is 8.78 Å². The number of hydrogen-bond donors (Lipinski definition) is 0. The fourth-order valence-corrected chi connectivity index (χ4v) is 0. The van der Waals surface area contributed by atoms with Crippen molar-refractivity contribution in [2.24, 2.45) is 0 Å². The van der Waals surface area contributed by atoms with Gasteiger partial charge >= 0.3 is 0 Å². The van der Waals surface area contributed by atoms with Crippen LogP contribution >= 0.6 is 15.9 Å². The summed E-state index contributed by atoms with van der Waals surface area (Å²) in [6, 6.07) is 0. The quantitative estimate of drug-likeness (QED) is 0.484. The van der Waals surface area contributed by atoms with Crippen molar-refractivity contribution >= 4 is 15.9 Å². The lowest BCUT2D eigenvalue weighted by Crippen LogP contribution is -1.41. The third-order valence-corrected chi connectivity index (χ3v) is 0.371. The topological polar surface area (TPSA) is 0 Å². The number of rotatable bonds is 0. The Kier molecular flexibility index (Phi) is 2.36. The molecule has 29 valence electrons. The molecule has 0 aliphatic carbocycles. The number of halogens is 3. The summed E-state index contributed by atoms with van der Waals surface area (Å²) < 4.78 is 21.0. The van der Waals surface area contributed by atoms with E-state index in [2.05, 4.69) is 15.9 Å². The first-order valence-electron chi connectivity index (χ1n) is 0.817. The third-order valence-electron chi connectivity index (χ3n) is 0.0714. The Bertz CT molecular complexity index is 45.6. The lowest BCUT2D eigenvalue weighted by Gasteiger charge is -1.59. The smallest absolute Gasteiger partial charge is 0.172 e. The highest BCUT2D eigenvalue weighted by Crippen LogP contribution is 1.96. The fourth-order valence-electron chi connectivity index (χ4n) is 0. The van der Waals surface area contributed by atoms with E-state index in [0.29, 0.717) is 0 Å². The molecule has 3 heteroatoms. The Labute approximate surface area is 36.6 Å². The standard InChI is InChI=1S/C2BrF2/c3-1-2(4)5. The van der Waals surface area contributed by atoms with Gasteiger partial charge < -0.3 is 0 Å². The van der Waals surface area contributed by atoms with Gasteiger partial charge in [0.1, 0.15) is 4.99 Å². The molecule has 0 heterocycles.